The second-order valence-electron chi connectivity index (χ2n) is 8.48. The van der Waals surface area contributed by atoms with Crippen molar-refractivity contribution in [2.45, 2.75) is 58.5 Å². The third-order valence-corrected chi connectivity index (χ3v) is 6.44. The predicted octanol–water partition coefficient (Wildman–Crippen LogP) is 2.66. The Labute approximate surface area is 170 Å². The Kier molecular flexibility index (Phi) is 8.33. The quantitative estimate of drug-likeness (QED) is 0.593. The fourth-order valence-electron chi connectivity index (χ4n) is 5.03. The Morgan fingerprint density at radius 1 is 1.14 bits per heavy atom. The van der Waals surface area contributed by atoms with E-state index < -0.39 is 0 Å². The molecule has 1 aromatic heterocycles. The highest BCUT2D eigenvalue weighted by molar-refractivity contribution is 5.33. The normalized spacial score (nSPS) is 24.4. The summed E-state index contributed by atoms with van der Waals surface area (Å²) in [6.45, 7) is 11.6. The van der Waals surface area contributed by atoms with Crippen molar-refractivity contribution >= 4 is 0 Å². The smallest absolute Gasteiger partial charge is 0.0802 e. The summed E-state index contributed by atoms with van der Waals surface area (Å²) in [6, 6.07) is 0. The van der Waals surface area contributed by atoms with E-state index >= 15 is 0 Å². The SMILES string of the molecule is CCOCC1CC(c2c(CN(C)CCNC)nn3c2CCC3)CC1COCC. The molecule has 1 aliphatic carbocycles. The van der Waals surface area contributed by atoms with Crippen LogP contribution in [0.2, 0.25) is 0 Å². The maximum atomic E-state index is 5.83. The molecule has 2 aliphatic rings. The van der Waals surface area contributed by atoms with Gasteiger partial charge in [-0.2, -0.15) is 5.10 Å². The molecule has 2 heterocycles. The van der Waals surface area contributed by atoms with Crippen LogP contribution in [-0.2, 0) is 29.0 Å². The first kappa shape index (κ1) is 21.8. The number of aryl methyl sites for hydroxylation is 1. The third kappa shape index (κ3) is 5.15. The van der Waals surface area contributed by atoms with Crippen molar-refractivity contribution in [1.29, 1.82) is 0 Å². The van der Waals surface area contributed by atoms with Crippen LogP contribution in [0.4, 0.5) is 0 Å². The van der Waals surface area contributed by atoms with Crippen molar-refractivity contribution in [3.8, 4) is 0 Å². The third-order valence-electron chi connectivity index (χ3n) is 6.44. The molecule has 0 amide bonds. The highest BCUT2D eigenvalue weighted by Crippen LogP contribution is 2.46. The van der Waals surface area contributed by atoms with Crippen LogP contribution in [0.1, 0.15) is 56.0 Å². The molecule has 1 N–H and O–H groups in total. The number of hydrogen-bond donors (Lipinski definition) is 1. The lowest BCUT2D eigenvalue weighted by Crippen LogP contribution is -2.27. The van der Waals surface area contributed by atoms with Crippen molar-refractivity contribution in [3.63, 3.8) is 0 Å². The first-order valence-electron chi connectivity index (χ1n) is 11.2. The fraction of sp³-hybridized carbons (Fsp3) is 0.864. The van der Waals surface area contributed by atoms with Crippen molar-refractivity contribution < 1.29 is 9.47 Å². The molecule has 0 spiro atoms. The van der Waals surface area contributed by atoms with Crippen LogP contribution < -0.4 is 5.32 Å². The Hall–Kier alpha value is -0.950. The molecule has 2 atom stereocenters. The van der Waals surface area contributed by atoms with Crippen LogP contribution in [-0.4, -0.2) is 68.3 Å². The van der Waals surface area contributed by atoms with Crippen molar-refractivity contribution in [2.75, 3.05) is 53.6 Å². The molecule has 0 aromatic carbocycles. The minimum Gasteiger partial charge on any atom is -0.381 e. The summed E-state index contributed by atoms with van der Waals surface area (Å²) >= 11 is 0. The van der Waals surface area contributed by atoms with Gasteiger partial charge in [0, 0.05) is 63.9 Å². The molecule has 3 rings (SSSR count). The van der Waals surface area contributed by atoms with Gasteiger partial charge in [-0.3, -0.25) is 9.58 Å². The largest absolute Gasteiger partial charge is 0.381 e. The molecule has 1 saturated carbocycles. The molecule has 2 unspecified atom stereocenters. The predicted molar refractivity (Wildman–Crippen MR) is 113 cm³/mol. The first-order valence-corrected chi connectivity index (χ1v) is 11.2. The van der Waals surface area contributed by atoms with Gasteiger partial charge in [0.15, 0.2) is 0 Å². The molecule has 0 saturated heterocycles. The van der Waals surface area contributed by atoms with Crippen LogP contribution in [0, 0.1) is 11.8 Å². The van der Waals surface area contributed by atoms with Crippen LogP contribution in [0.25, 0.3) is 0 Å². The van der Waals surface area contributed by atoms with Gasteiger partial charge in [-0.15, -0.1) is 0 Å². The van der Waals surface area contributed by atoms with E-state index in [0.717, 1.165) is 52.6 Å². The zero-order valence-corrected chi connectivity index (χ0v) is 18.4. The van der Waals surface area contributed by atoms with Crippen LogP contribution in [0.3, 0.4) is 0 Å². The standard InChI is InChI=1S/C22H40N4O2/c1-5-27-15-18-12-17(13-19(18)16-28-6-2)22-20(14-25(4)11-9-23-3)24-26-10-7-8-21(22)26/h17-19,23H,5-16H2,1-4H3. The molecule has 0 radical (unpaired) electrons. The van der Waals surface area contributed by atoms with E-state index in [9.17, 15) is 0 Å². The minimum absolute atomic E-state index is 0.600. The summed E-state index contributed by atoms with van der Waals surface area (Å²) in [5.41, 5.74) is 4.38. The van der Waals surface area contributed by atoms with Crippen molar-refractivity contribution in [3.05, 3.63) is 17.0 Å². The lowest BCUT2D eigenvalue weighted by molar-refractivity contribution is 0.0524. The number of likely N-dealkylation sites (N-methyl/N-ethyl adjacent to an activating group) is 2. The Morgan fingerprint density at radius 2 is 1.82 bits per heavy atom. The molecular weight excluding hydrogens is 352 g/mol. The van der Waals surface area contributed by atoms with E-state index in [4.69, 9.17) is 14.6 Å². The van der Waals surface area contributed by atoms with Gasteiger partial charge in [0.1, 0.15) is 0 Å². The minimum atomic E-state index is 0.600. The van der Waals surface area contributed by atoms with Gasteiger partial charge in [0.05, 0.1) is 5.69 Å². The van der Waals surface area contributed by atoms with E-state index in [1.54, 1.807) is 5.56 Å². The van der Waals surface area contributed by atoms with Crippen molar-refractivity contribution in [1.82, 2.24) is 20.0 Å². The summed E-state index contributed by atoms with van der Waals surface area (Å²) in [5.74, 6) is 1.80. The summed E-state index contributed by atoms with van der Waals surface area (Å²) < 4.78 is 14.0. The molecule has 0 bridgehead atoms. The highest BCUT2D eigenvalue weighted by Gasteiger charge is 2.39. The molecule has 160 valence electrons. The molecule has 6 heteroatoms. The average Bonchev–Trinajstić information content (AvgIpc) is 3.37. The lowest BCUT2D eigenvalue weighted by Gasteiger charge is -2.18. The molecule has 1 fully saturated rings. The van der Waals surface area contributed by atoms with Gasteiger partial charge < -0.3 is 14.8 Å². The molecule has 28 heavy (non-hydrogen) atoms. The van der Waals surface area contributed by atoms with Gasteiger partial charge >= 0.3 is 0 Å². The molecule has 1 aliphatic heterocycles. The number of nitrogens with zero attached hydrogens (tertiary/aromatic N) is 3. The van der Waals surface area contributed by atoms with E-state index in [0.29, 0.717) is 17.8 Å². The van der Waals surface area contributed by atoms with Crippen molar-refractivity contribution in [2.24, 2.45) is 11.8 Å². The maximum absolute atomic E-state index is 5.83. The van der Waals surface area contributed by atoms with Crippen LogP contribution in [0.5, 0.6) is 0 Å². The first-order chi connectivity index (χ1) is 13.7. The topological polar surface area (TPSA) is 51.5 Å². The lowest BCUT2D eigenvalue weighted by atomic mass is 9.92. The highest BCUT2D eigenvalue weighted by atomic mass is 16.5. The monoisotopic (exact) mass is 392 g/mol. The molecule has 6 nitrogen and oxygen atoms in total. The number of hydrogen-bond acceptors (Lipinski definition) is 5. The summed E-state index contributed by atoms with van der Waals surface area (Å²) in [5, 5.41) is 8.30. The van der Waals surface area contributed by atoms with Gasteiger partial charge in [0.25, 0.3) is 0 Å². The number of aromatic nitrogens is 2. The number of ether oxygens (including phenoxy) is 2. The van der Waals surface area contributed by atoms with Gasteiger partial charge in [-0.1, -0.05) is 0 Å². The fourth-order valence-corrected chi connectivity index (χ4v) is 5.03. The molecular formula is C22H40N4O2. The van der Waals surface area contributed by atoms with E-state index in [1.807, 2.05) is 7.05 Å². The second kappa shape index (κ2) is 10.7. The Bertz CT molecular complexity index is 588. The Balaban J connectivity index is 1.77. The zero-order valence-electron chi connectivity index (χ0n) is 18.4. The number of nitrogens with one attached hydrogen (secondary N) is 1. The maximum Gasteiger partial charge on any atom is 0.0802 e. The van der Waals surface area contributed by atoms with Gasteiger partial charge in [-0.05, 0) is 71.4 Å². The Morgan fingerprint density at radius 3 is 2.43 bits per heavy atom. The van der Waals surface area contributed by atoms with E-state index in [-0.39, 0.29) is 0 Å². The summed E-state index contributed by atoms with van der Waals surface area (Å²) in [6.07, 6.45) is 4.85. The van der Waals surface area contributed by atoms with Crippen LogP contribution >= 0.6 is 0 Å². The average molecular weight is 393 g/mol. The van der Waals surface area contributed by atoms with E-state index in [2.05, 4.69) is 35.8 Å². The molecule has 1 aromatic rings. The number of rotatable bonds is 12. The number of fused-ring (bicyclic) bond motifs is 1. The van der Waals surface area contributed by atoms with Gasteiger partial charge in [0.2, 0.25) is 0 Å². The zero-order chi connectivity index (χ0) is 19.9. The second-order valence-corrected chi connectivity index (χ2v) is 8.48. The summed E-state index contributed by atoms with van der Waals surface area (Å²) in [4.78, 5) is 2.39. The van der Waals surface area contributed by atoms with E-state index in [1.165, 1.54) is 37.1 Å². The summed E-state index contributed by atoms with van der Waals surface area (Å²) in [7, 11) is 4.22. The van der Waals surface area contributed by atoms with Gasteiger partial charge in [-0.25, -0.2) is 0 Å². The van der Waals surface area contributed by atoms with Crippen LogP contribution in [0.15, 0.2) is 0 Å².